The predicted molar refractivity (Wildman–Crippen MR) is 169 cm³/mol. The van der Waals surface area contributed by atoms with Gasteiger partial charge in [0.2, 0.25) is 5.88 Å². The summed E-state index contributed by atoms with van der Waals surface area (Å²) < 4.78 is 86.2. The van der Waals surface area contributed by atoms with Crippen LogP contribution in [0.2, 0.25) is 5.02 Å². The first kappa shape index (κ1) is 34.7. The van der Waals surface area contributed by atoms with Crippen molar-refractivity contribution >= 4 is 22.4 Å². The maximum Gasteiger partial charge on any atom is 0.425 e. The third kappa shape index (κ3) is 7.72. The predicted octanol–water partition coefficient (Wildman–Crippen LogP) is 7.26. The molecule has 0 bridgehead atoms. The van der Waals surface area contributed by atoms with Crippen LogP contribution in [0, 0.1) is 5.82 Å². The second kappa shape index (κ2) is 15.0. The summed E-state index contributed by atoms with van der Waals surface area (Å²) >= 11 is 6.41. The molecule has 1 atom stereocenters. The Morgan fingerprint density at radius 2 is 1.77 bits per heavy atom. The SMILES string of the molecule is CCn1c(COCc2ccccc2)nn(-c2cc(O[C@@H](C)C(F)(F)F)c3c(Oc4c(F)ccc(OCCOC)c4Cl)nccc3c2)c1=O. The Balaban J connectivity index is 1.57. The topological polar surface area (TPSA) is 98.9 Å². The number of benzene rings is 3. The van der Waals surface area contributed by atoms with E-state index in [1.54, 1.807) is 6.92 Å². The minimum Gasteiger partial charge on any atom is -0.489 e. The van der Waals surface area contributed by atoms with Gasteiger partial charge >= 0.3 is 11.9 Å². The number of hydrogen-bond acceptors (Lipinski definition) is 8. The molecule has 5 rings (SSSR count). The summed E-state index contributed by atoms with van der Waals surface area (Å²) in [5, 5.41) is 4.43. The third-order valence-electron chi connectivity index (χ3n) is 7.14. The van der Waals surface area contributed by atoms with Gasteiger partial charge in [0.25, 0.3) is 0 Å². The quantitative estimate of drug-likeness (QED) is 0.0888. The number of nitrogens with zero attached hydrogens (tertiary/aromatic N) is 4. The van der Waals surface area contributed by atoms with Gasteiger partial charge in [0.05, 0.1) is 24.3 Å². The van der Waals surface area contributed by atoms with Gasteiger partial charge < -0.3 is 23.7 Å². The molecule has 0 aliphatic rings. The largest absolute Gasteiger partial charge is 0.489 e. The number of pyridine rings is 1. The molecule has 0 N–H and O–H groups in total. The van der Waals surface area contributed by atoms with E-state index in [2.05, 4.69) is 10.1 Å². The fourth-order valence-electron chi connectivity index (χ4n) is 4.70. The molecule has 15 heteroatoms. The van der Waals surface area contributed by atoms with Crippen molar-refractivity contribution in [1.82, 2.24) is 19.3 Å². The van der Waals surface area contributed by atoms with Gasteiger partial charge in [-0.25, -0.2) is 14.2 Å². The highest BCUT2D eigenvalue weighted by atomic mass is 35.5. The van der Waals surface area contributed by atoms with Crippen molar-refractivity contribution in [2.75, 3.05) is 20.3 Å². The average Bonchev–Trinajstić information content (AvgIpc) is 3.38. The Hall–Kier alpha value is -4.66. The molecule has 254 valence electrons. The van der Waals surface area contributed by atoms with Crippen molar-refractivity contribution in [3.05, 3.63) is 99.6 Å². The van der Waals surface area contributed by atoms with Crippen LogP contribution in [0.25, 0.3) is 16.5 Å². The zero-order valence-corrected chi connectivity index (χ0v) is 26.8. The Morgan fingerprint density at radius 3 is 2.48 bits per heavy atom. The lowest BCUT2D eigenvalue weighted by molar-refractivity contribution is -0.189. The molecular formula is C33H31ClF4N4O6. The van der Waals surface area contributed by atoms with Crippen molar-refractivity contribution in [1.29, 1.82) is 0 Å². The lowest BCUT2D eigenvalue weighted by Gasteiger charge is -2.20. The van der Waals surface area contributed by atoms with Gasteiger partial charge in [-0.3, -0.25) is 4.57 Å². The lowest BCUT2D eigenvalue weighted by Crippen LogP contribution is -2.31. The Morgan fingerprint density at radius 1 is 1.00 bits per heavy atom. The summed E-state index contributed by atoms with van der Waals surface area (Å²) in [4.78, 5) is 17.6. The van der Waals surface area contributed by atoms with Crippen molar-refractivity contribution in [2.45, 2.75) is 45.9 Å². The number of alkyl halides is 3. The van der Waals surface area contributed by atoms with E-state index < -0.39 is 29.5 Å². The van der Waals surface area contributed by atoms with Crippen molar-refractivity contribution in [3.8, 4) is 28.8 Å². The molecule has 0 saturated carbocycles. The lowest BCUT2D eigenvalue weighted by atomic mass is 10.1. The highest BCUT2D eigenvalue weighted by Crippen LogP contribution is 2.43. The van der Waals surface area contributed by atoms with Crippen LogP contribution in [0.5, 0.6) is 23.1 Å². The van der Waals surface area contributed by atoms with E-state index in [9.17, 15) is 18.0 Å². The average molecular weight is 691 g/mol. The van der Waals surface area contributed by atoms with Crippen molar-refractivity contribution < 1.29 is 41.2 Å². The number of rotatable bonds is 14. The van der Waals surface area contributed by atoms with Gasteiger partial charge in [-0.1, -0.05) is 41.9 Å². The van der Waals surface area contributed by atoms with Gasteiger partial charge in [0, 0.05) is 25.9 Å². The van der Waals surface area contributed by atoms with E-state index in [4.69, 9.17) is 35.3 Å². The monoisotopic (exact) mass is 690 g/mol. The fraction of sp³-hybridized carbons (Fsp3) is 0.303. The normalized spacial score (nSPS) is 12.3. The second-order valence-corrected chi connectivity index (χ2v) is 10.8. The van der Waals surface area contributed by atoms with Crippen LogP contribution in [0.3, 0.4) is 0 Å². The second-order valence-electron chi connectivity index (χ2n) is 10.4. The summed E-state index contributed by atoms with van der Waals surface area (Å²) in [6, 6.07) is 16.0. The molecule has 0 radical (unpaired) electrons. The minimum atomic E-state index is -4.75. The molecule has 0 unspecified atom stereocenters. The van der Waals surface area contributed by atoms with Crippen LogP contribution < -0.4 is 19.9 Å². The van der Waals surface area contributed by atoms with Gasteiger partial charge in [-0.05, 0) is 49.1 Å². The Kier molecular flexibility index (Phi) is 10.9. The molecule has 0 saturated heterocycles. The van der Waals surface area contributed by atoms with Crippen LogP contribution in [0.4, 0.5) is 17.6 Å². The first-order chi connectivity index (χ1) is 23.0. The van der Waals surface area contributed by atoms with Gasteiger partial charge in [0.1, 0.15) is 29.7 Å². The molecule has 2 aromatic heterocycles. The van der Waals surface area contributed by atoms with Crippen LogP contribution in [0.15, 0.2) is 71.7 Å². The van der Waals surface area contributed by atoms with E-state index in [0.29, 0.717) is 5.82 Å². The summed E-state index contributed by atoms with van der Waals surface area (Å²) in [5.74, 6) is -1.60. The van der Waals surface area contributed by atoms with Crippen LogP contribution in [-0.4, -0.2) is 51.9 Å². The van der Waals surface area contributed by atoms with E-state index in [-0.39, 0.29) is 71.8 Å². The van der Waals surface area contributed by atoms with Crippen LogP contribution in [0.1, 0.15) is 25.2 Å². The van der Waals surface area contributed by atoms with E-state index in [1.165, 1.54) is 42.1 Å². The molecule has 0 spiro atoms. The zero-order valence-electron chi connectivity index (χ0n) is 26.1. The van der Waals surface area contributed by atoms with E-state index in [1.807, 2.05) is 30.3 Å². The third-order valence-corrected chi connectivity index (χ3v) is 7.50. The first-order valence-corrected chi connectivity index (χ1v) is 15.1. The molecule has 0 aliphatic heterocycles. The van der Waals surface area contributed by atoms with Crippen LogP contribution >= 0.6 is 11.6 Å². The van der Waals surface area contributed by atoms with Gasteiger partial charge in [0.15, 0.2) is 23.5 Å². The smallest absolute Gasteiger partial charge is 0.425 e. The number of hydrogen-bond donors (Lipinski definition) is 0. The first-order valence-electron chi connectivity index (χ1n) is 14.8. The molecule has 0 aliphatic carbocycles. The highest BCUT2D eigenvalue weighted by molar-refractivity contribution is 6.33. The van der Waals surface area contributed by atoms with Crippen molar-refractivity contribution in [3.63, 3.8) is 0 Å². The molecular weight excluding hydrogens is 660 g/mol. The van der Waals surface area contributed by atoms with E-state index in [0.717, 1.165) is 23.2 Å². The molecule has 48 heavy (non-hydrogen) atoms. The summed E-state index contributed by atoms with van der Waals surface area (Å²) in [6.07, 6.45) is -5.73. The van der Waals surface area contributed by atoms with Gasteiger partial charge in [-0.15, -0.1) is 5.10 Å². The van der Waals surface area contributed by atoms with E-state index >= 15 is 4.39 Å². The number of fused-ring (bicyclic) bond motifs is 1. The standard InChI is InChI=1S/C33H31ClF4N4O6/c1-4-41-27(19-45-18-21-8-6-5-7-9-21)40-42(32(41)43)23-16-22-12-13-39-31(28(22)26(17-23)47-20(2)33(36,37)38)48-30-24(35)10-11-25(29(30)34)46-15-14-44-3/h5-13,16-17,20H,4,14-15,18-19H2,1-3H3/t20-/m0/s1. The number of methoxy groups -OCH3 is 1. The molecule has 10 nitrogen and oxygen atoms in total. The zero-order chi connectivity index (χ0) is 34.4. The minimum absolute atomic E-state index is 0.00447. The van der Waals surface area contributed by atoms with Crippen LogP contribution in [-0.2, 0) is 29.2 Å². The van der Waals surface area contributed by atoms with Gasteiger partial charge in [-0.2, -0.15) is 17.9 Å². The maximum atomic E-state index is 15.0. The number of aromatic nitrogens is 4. The Bertz CT molecular complexity index is 1930. The molecule has 5 aromatic rings. The molecule has 0 amide bonds. The molecule has 0 fully saturated rings. The van der Waals surface area contributed by atoms with Crippen molar-refractivity contribution in [2.24, 2.45) is 0 Å². The summed E-state index contributed by atoms with van der Waals surface area (Å²) in [7, 11) is 1.48. The Labute approximate surface area is 277 Å². The number of halogens is 5. The molecule has 3 aromatic carbocycles. The number of ether oxygens (including phenoxy) is 5. The maximum absolute atomic E-state index is 15.0. The highest BCUT2D eigenvalue weighted by Gasteiger charge is 2.38. The fourth-order valence-corrected chi connectivity index (χ4v) is 4.94. The summed E-state index contributed by atoms with van der Waals surface area (Å²) in [5.41, 5.74) is 0.480. The molecule has 2 heterocycles. The summed E-state index contributed by atoms with van der Waals surface area (Å²) in [6.45, 7) is 3.45.